The van der Waals surface area contributed by atoms with E-state index in [1.165, 1.54) is 19.0 Å². The van der Waals surface area contributed by atoms with Gasteiger partial charge in [-0.25, -0.2) is 13.4 Å². The molecular formula is C17H25N5O2S. The molecule has 0 aromatic carbocycles. The van der Waals surface area contributed by atoms with Gasteiger partial charge in [-0.15, -0.1) is 0 Å². The molecule has 0 atom stereocenters. The minimum atomic E-state index is -3.50. The highest BCUT2D eigenvalue weighted by Crippen LogP contribution is 2.28. The van der Waals surface area contributed by atoms with E-state index in [0.717, 1.165) is 36.4 Å². The zero-order valence-electron chi connectivity index (χ0n) is 14.8. The Bertz CT molecular complexity index is 880. The van der Waals surface area contributed by atoms with Crippen LogP contribution in [0.15, 0.2) is 17.2 Å². The highest BCUT2D eigenvalue weighted by Gasteiger charge is 2.31. The predicted octanol–water partition coefficient (Wildman–Crippen LogP) is 1.43. The molecule has 2 aliphatic rings. The number of pyridine rings is 1. The fraction of sp³-hybridized carbons (Fsp3) is 0.647. The molecule has 7 nitrogen and oxygen atoms in total. The molecule has 1 saturated carbocycles. The van der Waals surface area contributed by atoms with Crippen molar-refractivity contribution in [2.24, 2.45) is 13.0 Å². The Labute approximate surface area is 148 Å². The van der Waals surface area contributed by atoms with Crippen molar-refractivity contribution in [1.82, 2.24) is 24.4 Å². The first-order valence-corrected chi connectivity index (χ1v) is 10.4. The van der Waals surface area contributed by atoms with E-state index in [9.17, 15) is 8.42 Å². The highest BCUT2D eigenvalue weighted by atomic mass is 32.2. The maximum absolute atomic E-state index is 13.0. The van der Waals surface area contributed by atoms with Gasteiger partial charge in [0.2, 0.25) is 10.0 Å². The van der Waals surface area contributed by atoms with Crippen LogP contribution in [0.5, 0.6) is 0 Å². The normalized spacial score (nSPS) is 20.4. The average Bonchev–Trinajstić information content (AvgIpc) is 3.39. The van der Waals surface area contributed by atoms with Crippen molar-refractivity contribution in [3.8, 4) is 0 Å². The van der Waals surface area contributed by atoms with Crippen LogP contribution in [0.1, 0.15) is 31.4 Å². The predicted molar refractivity (Wildman–Crippen MR) is 95.8 cm³/mol. The van der Waals surface area contributed by atoms with Crippen molar-refractivity contribution in [3.63, 3.8) is 0 Å². The molecule has 0 radical (unpaired) electrons. The molecular weight excluding hydrogens is 338 g/mol. The summed E-state index contributed by atoms with van der Waals surface area (Å²) in [5.74, 6) is 0.849. The Morgan fingerprint density at radius 2 is 1.96 bits per heavy atom. The summed E-state index contributed by atoms with van der Waals surface area (Å²) in [5.41, 5.74) is 1.50. The molecule has 0 spiro atoms. The van der Waals surface area contributed by atoms with Crippen molar-refractivity contribution in [2.75, 3.05) is 19.6 Å². The second kappa shape index (κ2) is 6.34. The lowest BCUT2D eigenvalue weighted by Crippen LogP contribution is -2.45. The van der Waals surface area contributed by atoms with Gasteiger partial charge in [-0.05, 0) is 51.1 Å². The summed E-state index contributed by atoms with van der Waals surface area (Å²) < 4.78 is 29.2. The minimum Gasteiger partial charge on any atom is -0.314 e. The molecule has 4 rings (SSSR count). The largest absolute Gasteiger partial charge is 0.314 e. The Morgan fingerprint density at radius 1 is 1.24 bits per heavy atom. The second-order valence-corrected chi connectivity index (χ2v) is 9.22. The van der Waals surface area contributed by atoms with Crippen molar-refractivity contribution in [2.45, 2.75) is 43.5 Å². The lowest BCUT2D eigenvalue weighted by Gasteiger charge is -2.31. The lowest BCUT2D eigenvalue weighted by atomic mass is 10.1. The summed E-state index contributed by atoms with van der Waals surface area (Å²) in [6, 6.07) is 2.14. The lowest BCUT2D eigenvalue weighted by molar-refractivity contribution is 0.288. The van der Waals surface area contributed by atoms with Gasteiger partial charge in [0.15, 0.2) is 5.65 Å². The van der Waals surface area contributed by atoms with Crippen LogP contribution >= 0.6 is 0 Å². The minimum absolute atomic E-state index is 0.264. The van der Waals surface area contributed by atoms with Crippen molar-refractivity contribution in [3.05, 3.63) is 18.0 Å². The summed E-state index contributed by atoms with van der Waals surface area (Å²) in [6.45, 7) is 4.08. The molecule has 25 heavy (non-hydrogen) atoms. The third-order valence-corrected chi connectivity index (χ3v) is 7.19. The van der Waals surface area contributed by atoms with E-state index in [2.05, 4.69) is 15.4 Å². The van der Waals surface area contributed by atoms with Gasteiger partial charge in [0.25, 0.3) is 0 Å². The van der Waals surface area contributed by atoms with E-state index in [1.807, 2.05) is 14.0 Å². The number of nitrogens with one attached hydrogen (secondary N) is 1. The van der Waals surface area contributed by atoms with E-state index >= 15 is 0 Å². The van der Waals surface area contributed by atoms with Crippen LogP contribution in [0.3, 0.4) is 0 Å². The Kier molecular flexibility index (Phi) is 4.29. The van der Waals surface area contributed by atoms with Crippen LogP contribution in [0, 0.1) is 12.8 Å². The number of sulfonamides is 1. The van der Waals surface area contributed by atoms with Crippen LogP contribution in [0.2, 0.25) is 0 Å². The van der Waals surface area contributed by atoms with E-state index in [0.29, 0.717) is 24.8 Å². The standard InChI is InChI=1S/C17H25N5O2S/c1-12-16-9-15(11-19-17(16)21(2)20-12)25(23,24)22-7-5-14(6-8-22)18-10-13-3-4-13/h9,11,13-14,18H,3-8,10H2,1-2H3. The zero-order chi connectivity index (χ0) is 17.6. The molecule has 0 bridgehead atoms. The van der Waals surface area contributed by atoms with Crippen LogP contribution in [-0.4, -0.2) is 53.2 Å². The van der Waals surface area contributed by atoms with Gasteiger partial charge in [-0.3, -0.25) is 4.68 Å². The van der Waals surface area contributed by atoms with Crippen molar-refractivity contribution < 1.29 is 8.42 Å². The van der Waals surface area contributed by atoms with Gasteiger partial charge in [-0.1, -0.05) is 0 Å². The number of fused-ring (bicyclic) bond motifs is 1. The van der Waals surface area contributed by atoms with Gasteiger partial charge in [0.1, 0.15) is 4.90 Å². The van der Waals surface area contributed by atoms with E-state index in [4.69, 9.17) is 0 Å². The summed E-state index contributed by atoms with van der Waals surface area (Å²) in [6.07, 6.45) is 5.87. The third kappa shape index (κ3) is 3.30. The molecule has 8 heteroatoms. The third-order valence-electron chi connectivity index (χ3n) is 5.32. The average molecular weight is 363 g/mol. The van der Waals surface area contributed by atoms with Gasteiger partial charge in [0.05, 0.1) is 5.69 Å². The van der Waals surface area contributed by atoms with Crippen molar-refractivity contribution in [1.29, 1.82) is 0 Å². The molecule has 2 aromatic heterocycles. The number of aryl methyl sites for hydroxylation is 2. The molecule has 1 aliphatic heterocycles. The maximum Gasteiger partial charge on any atom is 0.244 e. The summed E-state index contributed by atoms with van der Waals surface area (Å²) >= 11 is 0. The maximum atomic E-state index is 13.0. The van der Waals surface area contributed by atoms with Crippen LogP contribution in [0.4, 0.5) is 0 Å². The number of nitrogens with zero attached hydrogens (tertiary/aromatic N) is 4. The molecule has 1 saturated heterocycles. The molecule has 0 amide bonds. The van der Waals surface area contributed by atoms with E-state index in [-0.39, 0.29) is 4.90 Å². The van der Waals surface area contributed by atoms with E-state index in [1.54, 1.807) is 15.1 Å². The summed E-state index contributed by atoms with van der Waals surface area (Å²) in [7, 11) is -1.68. The topological polar surface area (TPSA) is 80.1 Å². The molecule has 1 aliphatic carbocycles. The highest BCUT2D eigenvalue weighted by molar-refractivity contribution is 7.89. The van der Waals surface area contributed by atoms with Gasteiger partial charge in [0, 0.05) is 37.8 Å². The number of rotatable bonds is 5. The first-order chi connectivity index (χ1) is 11.9. The molecule has 136 valence electrons. The quantitative estimate of drug-likeness (QED) is 0.869. The Hall–Kier alpha value is -1.51. The summed E-state index contributed by atoms with van der Waals surface area (Å²) in [4.78, 5) is 4.58. The molecule has 3 heterocycles. The van der Waals surface area contributed by atoms with Gasteiger partial charge in [-0.2, -0.15) is 9.40 Å². The van der Waals surface area contributed by atoms with Gasteiger partial charge >= 0.3 is 0 Å². The number of piperidine rings is 1. The van der Waals surface area contributed by atoms with Crippen LogP contribution < -0.4 is 5.32 Å². The molecule has 0 unspecified atom stereocenters. The summed E-state index contributed by atoms with van der Waals surface area (Å²) in [5, 5.41) is 8.69. The smallest absolute Gasteiger partial charge is 0.244 e. The molecule has 2 aromatic rings. The van der Waals surface area contributed by atoms with Crippen molar-refractivity contribution >= 4 is 21.1 Å². The van der Waals surface area contributed by atoms with Gasteiger partial charge < -0.3 is 5.32 Å². The zero-order valence-corrected chi connectivity index (χ0v) is 15.6. The fourth-order valence-electron chi connectivity index (χ4n) is 3.53. The molecule has 1 N–H and O–H groups in total. The monoisotopic (exact) mass is 363 g/mol. The van der Waals surface area contributed by atoms with Crippen LogP contribution in [0.25, 0.3) is 11.0 Å². The first-order valence-electron chi connectivity index (χ1n) is 8.98. The number of hydrogen-bond donors (Lipinski definition) is 1. The SMILES string of the molecule is Cc1nn(C)c2ncc(S(=O)(=O)N3CCC(NCC4CC4)CC3)cc12. The van der Waals surface area contributed by atoms with E-state index < -0.39 is 10.0 Å². The first kappa shape index (κ1) is 16.9. The second-order valence-electron chi connectivity index (χ2n) is 7.28. The van der Waals surface area contributed by atoms with Crippen LogP contribution in [-0.2, 0) is 17.1 Å². The Balaban J connectivity index is 1.48. The number of hydrogen-bond acceptors (Lipinski definition) is 5. The Morgan fingerprint density at radius 3 is 2.64 bits per heavy atom. The molecule has 2 fully saturated rings. The fourth-order valence-corrected chi connectivity index (χ4v) is 4.98. The number of aromatic nitrogens is 3.